The maximum Gasteiger partial charge on any atom is 0.253 e. The standard InChI is InChI=1S/C15H14N2O3/c18-14-6-5-11(8-16-14)15(19)17-12-7-10-3-1-2-4-13(10)20-9-12/h1-6,8,12H,7,9H2,(H,16,18)(H,17,19)/t12-/m1/s1. The van der Waals surface area contributed by atoms with Gasteiger partial charge < -0.3 is 15.0 Å². The van der Waals surface area contributed by atoms with Crippen molar-refractivity contribution < 1.29 is 9.53 Å². The van der Waals surface area contributed by atoms with E-state index in [-0.39, 0.29) is 17.5 Å². The minimum atomic E-state index is -0.225. The Morgan fingerprint density at radius 2 is 2.10 bits per heavy atom. The SMILES string of the molecule is O=C(N[C@H]1COc2ccccc2C1)c1ccc(=O)[nH]c1. The fraction of sp³-hybridized carbons (Fsp3) is 0.200. The largest absolute Gasteiger partial charge is 0.491 e. The van der Waals surface area contributed by atoms with Gasteiger partial charge in [0.15, 0.2) is 0 Å². The third-order valence-electron chi connectivity index (χ3n) is 3.26. The number of aromatic nitrogens is 1. The van der Waals surface area contributed by atoms with Crippen molar-refractivity contribution in [1.29, 1.82) is 0 Å². The minimum absolute atomic E-state index is 0.0654. The van der Waals surface area contributed by atoms with Gasteiger partial charge in [0.2, 0.25) is 5.56 Å². The van der Waals surface area contributed by atoms with Crippen LogP contribution in [-0.2, 0) is 6.42 Å². The van der Waals surface area contributed by atoms with Crippen molar-refractivity contribution in [2.24, 2.45) is 0 Å². The van der Waals surface area contributed by atoms with Crippen LogP contribution in [0.15, 0.2) is 47.4 Å². The molecule has 1 atom stereocenters. The van der Waals surface area contributed by atoms with Crippen LogP contribution < -0.4 is 15.6 Å². The first-order valence-corrected chi connectivity index (χ1v) is 6.43. The van der Waals surface area contributed by atoms with Crippen molar-refractivity contribution in [3.63, 3.8) is 0 Å². The number of fused-ring (bicyclic) bond motifs is 1. The molecule has 2 heterocycles. The van der Waals surface area contributed by atoms with Crippen molar-refractivity contribution >= 4 is 5.91 Å². The molecule has 2 aromatic rings. The molecule has 0 fully saturated rings. The van der Waals surface area contributed by atoms with Crippen molar-refractivity contribution in [3.05, 3.63) is 64.1 Å². The third kappa shape index (κ3) is 2.56. The monoisotopic (exact) mass is 270 g/mol. The van der Waals surface area contributed by atoms with E-state index in [1.807, 2.05) is 24.3 Å². The molecule has 0 spiro atoms. The number of hydrogen-bond donors (Lipinski definition) is 2. The predicted molar refractivity (Wildman–Crippen MR) is 74.0 cm³/mol. The average molecular weight is 270 g/mol. The molecule has 0 bridgehead atoms. The van der Waals surface area contributed by atoms with Crippen LogP contribution in [0.2, 0.25) is 0 Å². The summed E-state index contributed by atoms with van der Waals surface area (Å²) in [6, 6.07) is 10.6. The first-order chi connectivity index (χ1) is 9.72. The molecular formula is C15H14N2O3. The van der Waals surface area contributed by atoms with Gasteiger partial charge in [-0.25, -0.2) is 0 Å². The van der Waals surface area contributed by atoms with Gasteiger partial charge in [0, 0.05) is 12.3 Å². The van der Waals surface area contributed by atoms with E-state index in [1.54, 1.807) is 0 Å². The predicted octanol–water partition coefficient (Wildman–Crippen LogP) is 1.11. The zero-order valence-electron chi connectivity index (χ0n) is 10.8. The number of pyridine rings is 1. The van der Waals surface area contributed by atoms with Gasteiger partial charge in [0.25, 0.3) is 5.91 Å². The molecule has 1 aromatic heterocycles. The molecule has 0 unspecified atom stereocenters. The van der Waals surface area contributed by atoms with Crippen LogP contribution in [0, 0.1) is 0 Å². The Balaban J connectivity index is 1.69. The van der Waals surface area contributed by atoms with Crippen LogP contribution >= 0.6 is 0 Å². The summed E-state index contributed by atoms with van der Waals surface area (Å²) in [6.07, 6.45) is 2.15. The minimum Gasteiger partial charge on any atom is -0.491 e. The average Bonchev–Trinajstić information content (AvgIpc) is 2.48. The number of amides is 1. The molecule has 2 N–H and O–H groups in total. The van der Waals surface area contributed by atoms with E-state index < -0.39 is 0 Å². The van der Waals surface area contributed by atoms with Crippen molar-refractivity contribution in [3.8, 4) is 5.75 Å². The molecule has 0 aliphatic carbocycles. The van der Waals surface area contributed by atoms with Gasteiger partial charge in [-0.15, -0.1) is 0 Å². The number of para-hydroxylation sites is 1. The van der Waals surface area contributed by atoms with E-state index in [9.17, 15) is 9.59 Å². The lowest BCUT2D eigenvalue weighted by molar-refractivity contribution is 0.0915. The lowest BCUT2D eigenvalue weighted by atomic mass is 10.0. The number of H-pyrrole nitrogens is 1. The number of ether oxygens (including phenoxy) is 1. The second-order valence-electron chi connectivity index (χ2n) is 4.73. The normalized spacial score (nSPS) is 16.9. The molecule has 1 aromatic carbocycles. The Labute approximate surface area is 115 Å². The maximum atomic E-state index is 12.0. The van der Waals surface area contributed by atoms with Gasteiger partial charge in [0.05, 0.1) is 11.6 Å². The van der Waals surface area contributed by atoms with E-state index in [0.29, 0.717) is 12.2 Å². The Hall–Kier alpha value is -2.56. The topological polar surface area (TPSA) is 71.2 Å². The fourth-order valence-corrected chi connectivity index (χ4v) is 2.24. The Morgan fingerprint density at radius 3 is 2.90 bits per heavy atom. The third-order valence-corrected chi connectivity index (χ3v) is 3.26. The van der Waals surface area contributed by atoms with Gasteiger partial charge >= 0.3 is 0 Å². The summed E-state index contributed by atoms with van der Waals surface area (Å²) in [5, 5.41) is 2.91. The van der Waals surface area contributed by atoms with Gasteiger partial charge in [-0.1, -0.05) is 18.2 Å². The van der Waals surface area contributed by atoms with Crippen LogP contribution in [0.1, 0.15) is 15.9 Å². The molecule has 0 radical (unpaired) electrons. The summed E-state index contributed by atoms with van der Waals surface area (Å²) < 4.78 is 5.62. The molecule has 5 nitrogen and oxygen atoms in total. The molecule has 102 valence electrons. The van der Waals surface area contributed by atoms with Crippen LogP contribution in [-0.4, -0.2) is 23.5 Å². The molecule has 20 heavy (non-hydrogen) atoms. The van der Waals surface area contributed by atoms with Crippen molar-refractivity contribution in [1.82, 2.24) is 10.3 Å². The van der Waals surface area contributed by atoms with Crippen molar-refractivity contribution in [2.45, 2.75) is 12.5 Å². The second-order valence-corrected chi connectivity index (χ2v) is 4.73. The molecule has 1 aliphatic heterocycles. The Morgan fingerprint density at radius 1 is 1.25 bits per heavy atom. The number of rotatable bonds is 2. The Kier molecular flexibility index (Phi) is 3.25. The summed E-state index contributed by atoms with van der Waals surface area (Å²) >= 11 is 0. The van der Waals surface area contributed by atoms with Gasteiger partial charge in [-0.05, 0) is 24.1 Å². The zero-order valence-corrected chi connectivity index (χ0v) is 10.8. The number of hydrogen-bond acceptors (Lipinski definition) is 3. The molecule has 0 saturated heterocycles. The molecule has 5 heteroatoms. The smallest absolute Gasteiger partial charge is 0.253 e. The van der Waals surface area contributed by atoms with E-state index >= 15 is 0 Å². The highest BCUT2D eigenvalue weighted by Crippen LogP contribution is 2.23. The summed E-state index contributed by atoms with van der Waals surface area (Å²) in [5.41, 5.74) is 1.30. The van der Waals surface area contributed by atoms with E-state index in [1.165, 1.54) is 18.3 Å². The van der Waals surface area contributed by atoms with E-state index in [0.717, 1.165) is 17.7 Å². The second kappa shape index (κ2) is 5.21. The lowest BCUT2D eigenvalue weighted by Gasteiger charge is -2.26. The number of carbonyl (C=O) groups excluding carboxylic acids is 1. The highest BCUT2D eigenvalue weighted by molar-refractivity contribution is 5.94. The quantitative estimate of drug-likeness (QED) is 0.858. The van der Waals surface area contributed by atoms with E-state index in [4.69, 9.17) is 4.74 Å². The van der Waals surface area contributed by atoms with Crippen LogP contribution in [0.5, 0.6) is 5.75 Å². The van der Waals surface area contributed by atoms with Crippen LogP contribution in [0.3, 0.4) is 0 Å². The van der Waals surface area contributed by atoms with Gasteiger partial charge in [-0.2, -0.15) is 0 Å². The van der Waals surface area contributed by atoms with Crippen LogP contribution in [0.25, 0.3) is 0 Å². The van der Waals surface area contributed by atoms with Gasteiger partial charge in [0.1, 0.15) is 12.4 Å². The number of benzene rings is 1. The number of nitrogens with one attached hydrogen (secondary N) is 2. The van der Waals surface area contributed by atoms with Gasteiger partial charge in [-0.3, -0.25) is 9.59 Å². The maximum absolute atomic E-state index is 12.0. The fourth-order valence-electron chi connectivity index (χ4n) is 2.24. The first kappa shape index (κ1) is 12.5. The van der Waals surface area contributed by atoms with E-state index in [2.05, 4.69) is 10.3 Å². The Bertz CT molecular complexity index is 673. The summed E-state index contributed by atoms with van der Waals surface area (Å²) in [7, 11) is 0. The molecule has 3 rings (SSSR count). The van der Waals surface area contributed by atoms with Crippen molar-refractivity contribution in [2.75, 3.05) is 6.61 Å². The molecule has 0 saturated carbocycles. The highest BCUT2D eigenvalue weighted by Gasteiger charge is 2.21. The van der Waals surface area contributed by atoms with Crippen LogP contribution in [0.4, 0.5) is 0 Å². The lowest BCUT2D eigenvalue weighted by Crippen LogP contribution is -2.42. The zero-order chi connectivity index (χ0) is 13.9. The summed E-state index contributed by atoms with van der Waals surface area (Å²) in [4.78, 5) is 25.5. The number of carbonyl (C=O) groups is 1. The molecule has 1 amide bonds. The number of aromatic amines is 1. The molecular weight excluding hydrogens is 256 g/mol. The first-order valence-electron chi connectivity index (χ1n) is 6.43. The highest BCUT2D eigenvalue weighted by atomic mass is 16.5. The summed E-state index contributed by atoms with van der Waals surface area (Å²) in [5.74, 6) is 0.663. The summed E-state index contributed by atoms with van der Waals surface area (Å²) in [6.45, 7) is 0.451. The molecule has 1 aliphatic rings.